The number of ether oxygens (including phenoxy) is 1. The van der Waals surface area contributed by atoms with Gasteiger partial charge in [0.15, 0.2) is 0 Å². The highest BCUT2D eigenvalue weighted by molar-refractivity contribution is 5.28. The Morgan fingerprint density at radius 3 is 1.29 bits per heavy atom. The summed E-state index contributed by atoms with van der Waals surface area (Å²) in [5.74, 6) is 0. The molecule has 0 aliphatic carbocycles. The van der Waals surface area contributed by atoms with Gasteiger partial charge in [-0.15, -0.1) is 0 Å². The predicted molar refractivity (Wildman–Crippen MR) is 204 cm³/mol. The van der Waals surface area contributed by atoms with Crippen LogP contribution in [0, 0.1) is 0 Å². The van der Waals surface area contributed by atoms with Crippen molar-refractivity contribution in [1.29, 1.82) is 0 Å². The molecule has 0 aromatic heterocycles. The second-order valence-corrected chi connectivity index (χ2v) is 14.0. The van der Waals surface area contributed by atoms with Crippen LogP contribution in [0.1, 0.15) is 182 Å². The Balaban J connectivity index is 6.16. The van der Waals surface area contributed by atoms with Crippen molar-refractivity contribution < 1.29 is 30.3 Å². The highest BCUT2D eigenvalue weighted by Gasteiger charge is 2.57. The average Bonchev–Trinajstić information content (AvgIpc) is 3.09. The molecular weight excluding hydrogens is 600 g/mol. The zero-order chi connectivity index (χ0) is 35.8. The molecule has 0 aromatic carbocycles. The van der Waals surface area contributed by atoms with E-state index in [0.29, 0.717) is 19.3 Å². The van der Waals surface area contributed by atoms with Gasteiger partial charge in [-0.2, -0.15) is 0 Å². The van der Waals surface area contributed by atoms with Crippen molar-refractivity contribution in [2.45, 2.75) is 205 Å². The van der Waals surface area contributed by atoms with Gasteiger partial charge in [0.05, 0.1) is 12.9 Å². The molecule has 0 aromatic rings. The van der Waals surface area contributed by atoms with E-state index >= 15 is 0 Å². The summed E-state index contributed by atoms with van der Waals surface area (Å²) >= 11 is 0. The van der Waals surface area contributed by atoms with Crippen molar-refractivity contribution >= 4 is 0 Å². The fourth-order valence-corrected chi connectivity index (χ4v) is 5.99. The smallest absolute Gasteiger partial charge is 0.146 e. The molecular formula is C42H78O6. The van der Waals surface area contributed by atoms with Gasteiger partial charge in [-0.05, 0) is 57.4 Å². The molecule has 4 unspecified atom stereocenters. The van der Waals surface area contributed by atoms with Crippen molar-refractivity contribution in [2.24, 2.45) is 0 Å². The van der Waals surface area contributed by atoms with E-state index in [0.717, 1.165) is 96.3 Å². The first-order valence-corrected chi connectivity index (χ1v) is 20.0. The molecule has 0 bridgehead atoms. The highest BCUT2D eigenvalue weighted by Crippen LogP contribution is 2.36. The van der Waals surface area contributed by atoms with Crippen LogP contribution in [0.3, 0.4) is 0 Å². The molecule has 0 aliphatic rings. The highest BCUT2D eigenvalue weighted by atomic mass is 16.5. The van der Waals surface area contributed by atoms with Crippen molar-refractivity contribution in [3.63, 3.8) is 0 Å². The second kappa shape index (κ2) is 30.4. The third kappa shape index (κ3) is 20.3. The number of rotatable bonds is 34. The van der Waals surface area contributed by atoms with Gasteiger partial charge in [-0.1, -0.05) is 167 Å². The van der Waals surface area contributed by atoms with E-state index in [1.807, 2.05) is 12.2 Å². The Morgan fingerprint density at radius 1 is 0.500 bits per heavy atom. The Morgan fingerprint density at radius 2 is 0.875 bits per heavy atom. The molecule has 0 saturated carbocycles. The Labute approximate surface area is 296 Å². The summed E-state index contributed by atoms with van der Waals surface area (Å²) in [5, 5.41) is 58.5. The van der Waals surface area contributed by atoms with E-state index in [2.05, 4.69) is 27.7 Å². The quantitative estimate of drug-likeness (QED) is 0.0263. The Bertz CT molecular complexity index is 838. The normalized spacial score (nSPS) is 17.0. The first-order chi connectivity index (χ1) is 23.2. The molecule has 0 heterocycles. The lowest BCUT2D eigenvalue weighted by atomic mass is 9.72. The van der Waals surface area contributed by atoms with Crippen molar-refractivity contribution in [3.8, 4) is 0 Å². The topological polar surface area (TPSA) is 110 Å². The van der Waals surface area contributed by atoms with Gasteiger partial charge in [0.1, 0.15) is 29.5 Å². The molecule has 0 amide bonds. The SMILES string of the molecule is CCCCCCCC=COCC(O)(C=CCCCCCCC)C(O)C(O)(C=CCCCCCCC)C(O)(C=CCCCCCCC)CO. The van der Waals surface area contributed by atoms with Crippen LogP contribution in [0.2, 0.25) is 0 Å². The lowest BCUT2D eigenvalue weighted by Gasteiger charge is -2.46. The van der Waals surface area contributed by atoms with Crippen LogP contribution in [0.5, 0.6) is 0 Å². The summed E-state index contributed by atoms with van der Waals surface area (Å²) < 4.78 is 5.79. The number of hydrogen-bond acceptors (Lipinski definition) is 6. The predicted octanol–water partition coefficient (Wildman–Crippen LogP) is 10.2. The van der Waals surface area contributed by atoms with Crippen LogP contribution in [0.25, 0.3) is 0 Å². The summed E-state index contributed by atoms with van der Waals surface area (Å²) in [6.07, 6.45) is 36.4. The van der Waals surface area contributed by atoms with Crippen LogP contribution < -0.4 is 0 Å². The fourth-order valence-electron chi connectivity index (χ4n) is 5.99. The van der Waals surface area contributed by atoms with Crippen LogP contribution in [-0.2, 0) is 4.74 Å². The monoisotopic (exact) mass is 679 g/mol. The summed E-state index contributed by atoms with van der Waals surface area (Å²) in [7, 11) is 0. The standard InChI is InChI=1S/C42H78O6/c1-5-9-13-17-21-25-29-33-40(45,38-48-36-32-28-24-20-16-12-8-4)39(44)42(47,35-31-27-23-19-15-11-7-3)41(46,37-43)34-30-26-22-18-14-10-6-2/h29-36,39,43-47H,5-28,37-38H2,1-4H3. The van der Waals surface area contributed by atoms with Gasteiger partial charge in [0, 0.05) is 0 Å². The first kappa shape index (κ1) is 46.6. The zero-order valence-electron chi connectivity index (χ0n) is 31.7. The summed E-state index contributed by atoms with van der Waals surface area (Å²) in [4.78, 5) is 0. The van der Waals surface area contributed by atoms with Crippen molar-refractivity contribution in [3.05, 3.63) is 48.8 Å². The second-order valence-electron chi connectivity index (χ2n) is 14.0. The molecule has 6 nitrogen and oxygen atoms in total. The molecule has 48 heavy (non-hydrogen) atoms. The summed E-state index contributed by atoms with van der Waals surface area (Å²) in [6.45, 7) is 7.58. The third-order valence-electron chi connectivity index (χ3n) is 9.40. The molecule has 0 aliphatic heterocycles. The molecule has 0 rings (SSSR count). The lowest BCUT2D eigenvalue weighted by Crippen LogP contribution is -2.68. The van der Waals surface area contributed by atoms with Gasteiger partial charge in [-0.3, -0.25) is 0 Å². The van der Waals surface area contributed by atoms with Crippen molar-refractivity contribution in [1.82, 2.24) is 0 Å². The number of aliphatic hydroxyl groups excluding tert-OH is 2. The largest absolute Gasteiger partial charge is 0.498 e. The molecule has 0 spiro atoms. The molecule has 4 atom stereocenters. The van der Waals surface area contributed by atoms with Gasteiger partial charge in [0.25, 0.3) is 0 Å². The maximum atomic E-state index is 12.2. The third-order valence-corrected chi connectivity index (χ3v) is 9.40. The van der Waals surface area contributed by atoms with Crippen molar-refractivity contribution in [2.75, 3.05) is 13.2 Å². The maximum Gasteiger partial charge on any atom is 0.146 e. The molecule has 0 fully saturated rings. The number of allylic oxidation sites excluding steroid dienone is 4. The van der Waals surface area contributed by atoms with Crippen LogP contribution in [0.4, 0.5) is 0 Å². The van der Waals surface area contributed by atoms with E-state index in [1.165, 1.54) is 56.8 Å². The van der Waals surface area contributed by atoms with Crippen LogP contribution >= 0.6 is 0 Å². The van der Waals surface area contributed by atoms with Crippen LogP contribution in [-0.4, -0.2) is 61.7 Å². The van der Waals surface area contributed by atoms with Gasteiger partial charge in [-0.25, -0.2) is 0 Å². The maximum absolute atomic E-state index is 12.2. The molecule has 5 N–H and O–H groups in total. The van der Waals surface area contributed by atoms with Crippen LogP contribution in [0.15, 0.2) is 48.8 Å². The zero-order valence-corrected chi connectivity index (χ0v) is 31.7. The molecule has 282 valence electrons. The van der Waals surface area contributed by atoms with E-state index in [9.17, 15) is 25.5 Å². The minimum Gasteiger partial charge on any atom is -0.498 e. The molecule has 6 heteroatoms. The fraction of sp³-hybridized carbons (Fsp3) is 0.810. The molecule has 0 saturated heterocycles. The van der Waals surface area contributed by atoms with Gasteiger partial charge in [0.2, 0.25) is 0 Å². The van der Waals surface area contributed by atoms with Gasteiger partial charge >= 0.3 is 0 Å². The van der Waals surface area contributed by atoms with E-state index in [4.69, 9.17) is 4.74 Å². The number of aliphatic hydroxyl groups is 5. The van der Waals surface area contributed by atoms with E-state index in [-0.39, 0.29) is 6.61 Å². The summed E-state index contributed by atoms with van der Waals surface area (Å²) in [5.41, 5.74) is -6.66. The van der Waals surface area contributed by atoms with Gasteiger partial charge < -0.3 is 30.3 Å². The minimum absolute atomic E-state index is 0.317. The molecule has 0 radical (unpaired) electrons. The average molecular weight is 679 g/mol. The Kier molecular flexibility index (Phi) is 29.5. The van der Waals surface area contributed by atoms with E-state index in [1.54, 1.807) is 18.4 Å². The number of hydrogen-bond donors (Lipinski definition) is 5. The van der Waals surface area contributed by atoms with E-state index < -0.39 is 29.5 Å². The number of unbranched alkanes of at least 4 members (excludes halogenated alkanes) is 20. The summed E-state index contributed by atoms with van der Waals surface area (Å²) in [6, 6.07) is 0. The Hall–Kier alpha value is -1.44. The first-order valence-electron chi connectivity index (χ1n) is 20.0. The minimum atomic E-state index is -2.39. The lowest BCUT2D eigenvalue weighted by molar-refractivity contribution is -0.213.